The van der Waals surface area contributed by atoms with Crippen LogP contribution in [0.2, 0.25) is 0 Å². The van der Waals surface area contributed by atoms with Gasteiger partial charge in [0.05, 0.1) is 0 Å². The molecule has 0 aliphatic rings. The summed E-state index contributed by atoms with van der Waals surface area (Å²) >= 11 is 5.95. The number of pyridine rings is 1. The summed E-state index contributed by atoms with van der Waals surface area (Å²) in [6.07, 6.45) is 4.19. The summed E-state index contributed by atoms with van der Waals surface area (Å²) in [5.74, 6) is 0.808. The van der Waals surface area contributed by atoms with Gasteiger partial charge in [-0.3, -0.25) is 4.98 Å². The van der Waals surface area contributed by atoms with Crippen LogP contribution >= 0.6 is 11.6 Å². The van der Waals surface area contributed by atoms with Gasteiger partial charge in [0.15, 0.2) is 5.65 Å². The fraction of sp³-hybridized carbons (Fsp3) is 0.417. The number of hydrogen-bond donors (Lipinski definition) is 1. The highest BCUT2D eigenvalue weighted by atomic mass is 35.5. The quantitative estimate of drug-likeness (QED) is 0.848. The molecule has 17 heavy (non-hydrogen) atoms. The van der Waals surface area contributed by atoms with Crippen molar-refractivity contribution in [2.75, 3.05) is 5.32 Å². The second-order valence-electron chi connectivity index (χ2n) is 4.16. The van der Waals surface area contributed by atoms with Gasteiger partial charge in [0.2, 0.25) is 0 Å². The van der Waals surface area contributed by atoms with Gasteiger partial charge in [-0.25, -0.2) is 9.97 Å². The van der Waals surface area contributed by atoms with E-state index in [2.05, 4.69) is 27.2 Å². The first kappa shape index (κ1) is 12.0. The van der Waals surface area contributed by atoms with Gasteiger partial charge < -0.3 is 5.32 Å². The van der Waals surface area contributed by atoms with E-state index in [9.17, 15) is 0 Å². The Morgan fingerprint density at radius 1 is 1.24 bits per heavy atom. The van der Waals surface area contributed by atoms with E-state index >= 15 is 0 Å². The third-order valence-corrected chi connectivity index (χ3v) is 2.58. The lowest BCUT2D eigenvalue weighted by atomic mass is 10.2. The molecule has 0 amide bonds. The number of rotatable bonds is 4. The highest BCUT2D eigenvalue weighted by Gasteiger charge is 2.07. The summed E-state index contributed by atoms with van der Waals surface area (Å²) < 4.78 is 0. The van der Waals surface area contributed by atoms with Crippen molar-refractivity contribution in [2.45, 2.75) is 31.7 Å². The fourth-order valence-electron chi connectivity index (χ4n) is 1.73. The first-order valence-corrected chi connectivity index (χ1v) is 6.07. The van der Waals surface area contributed by atoms with Gasteiger partial charge >= 0.3 is 0 Å². The van der Waals surface area contributed by atoms with Gasteiger partial charge in [0.1, 0.15) is 11.3 Å². The average molecular weight is 251 g/mol. The maximum atomic E-state index is 5.95. The Bertz CT molecular complexity index is 501. The van der Waals surface area contributed by atoms with Crippen molar-refractivity contribution in [1.29, 1.82) is 0 Å². The van der Waals surface area contributed by atoms with E-state index in [1.54, 1.807) is 12.4 Å². The molecule has 0 radical (unpaired) electrons. The predicted molar refractivity (Wildman–Crippen MR) is 70.3 cm³/mol. The van der Waals surface area contributed by atoms with Crippen LogP contribution in [0.15, 0.2) is 24.5 Å². The second kappa shape index (κ2) is 5.27. The normalized spacial score (nSPS) is 14.5. The van der Waals surface area contributed by atoms with Crippen molar-refractivity contribution in [1.82, 2.24) is 15.0 Å². The van der Waals surface area contributed by atoms with Gasteiger partial charge in [-0.15, -0.1) is 11.6 Å². The molecule has 0 aromatic carbocycles. The Morgan fingerprint density at radius 3 is 2.76 bits per heavy atom. The first-order chi connectivity index (χ1) is 8.15. The largest absolute Gasteiger partial charge is 0.367 e. The van der Waals surface area contributed by atoms with Crippen molar-refractivity contribution in [3.63, 3.8) is 0 Å². The topological polar surface area (TPSA) is 50.7 Å². The molecule has 2 rings (SSSR count). The smallest absolute Gasteiger partial charge is 0.180 e. The highest BCUT2D eigenvalue weighted by Crippen LogP contribution is 2.13. The van der Waals surface area contributed by atoms with E-state index in [0.717, 1.165) is 17.8 Å². The van der Waals surface area contributed by atoms with E-state index in [1.165, 1.54) is 0 Å². The van der Waals surface area contributed by atoms with Crippen molar-refractivity contribution >= 4 is 28.6 Å². The van der Waals surface area contributed by atoms with Crippen molar-refractivity contribution in [2.24, 2.45) is 0 Å². The fourth-order valence-corrected chi connectivity index (χ4v) is 2.00. The van der Waals surface area contributed by atoms with Crippen molar-refractivity contribution < 1.29 is 0 Å². The molecule has 0 saturated heterocycles. The summed E-state index contributed by atoms with van der Waals surface area (Å²) in [5, 5.41) is 3.45. The Kier molecular flexibility index (Phi) is 3.74. The summed E-state index contributed by atoms with van der Waals surface area (Å²) in [7, 11) is 0. The number of nitrogens with one attached hydrogen (secondary N) is 1. The minimum Gasteiger partial charge on any atom is -0.367 e. The molecule has 0 saturated carbocycles. The molecular formula is C12H15ClN4. The molecule has 0 bridgehead atoms. The van der Waals surface area contributed by atoms with Crippen LogP contribution in [0.25, 0.3) is 11.2 Å². The Morgan fingerprint density at radius 2 is 2.00 bits per heavy atom. The number of anilines is 1. The van der Waals surface area contributed by atoms with Crippen LogP contribution in [0.3, 0.4) is 0 Å². The van der Waals surface area contributed by atoms with Crippen LogP contribution in [-0.4, -0.2) is 26.4 Å². The molecule has 5 heteroatoms. The Hall–Kier alpha value is -1.42. The van der Waals surface area contributed by atoms with Gasteiger partial charge in [0, 0.05) is 23.8 Å². The Balaban J connectivity index is 2.14. The molecule has 0 aliphatic carbocycles. The predicted octanol–water partition coefficient (Wildman–Crippen LogP) is 2.84. The number of alkyl halides is 1. The number of aromatic nitrogens is 3. The number of nitrogens with zero attached hydrogens (tertiary/aromatic N) is 3. The molecule has 0 spiro atoms. The molecule has 0 aliphatic heterocycles. The third-order valence-electron chi connectivity index (χ3n) is 2.40. The number of halogens is 1. The number of fused-ring (bicyclic) bond motifs is 1. The maximum absolute atomic E-state index is 5.95. The van der Waals surface area contributed by atoms with Crippen molar-refractivity contribution in [3.8, 4) is 0 Å². The summed E-state index contributed by atoms with van der Waals surface area (Å²) in [6, 6.07) is 4.10. The van der Waals surface area contributed by atoms with E-state index in [4.69, 9.17) is 11.6 Å². The zero-order valence-corrected chi connectivity index (χ0v) is 10.6. The summed E-state index contributed by atoms with van der Waals surface area (Å²) in [6.45, 7) is 4.07. The molecule has 2 aromatic heterocycles. The number of hydrogen-bond acceptors (Lipinski definition) is 4. The molecule has 2 aromatic rings. The molecule has 4 nitrogen and oxygen atoms in total. The van der Waals surface area contributed by atoms with Gasteiger partial charge in [0.25, 0.3) is 0 Å². The third kappa shape index (κ3) is 3.27. The molecule has 2 heterocycles. The van der Waals surface area contributed by atoms with E-state index in [1.807, 2.05) is 19.1 Å². The Labute approximate surface area is 105 Å². The zero-order valence-electron chi connectivity index (χ0n) is 9.89. The summed E-state index contributed by atoms with van der Waals surface area (Å²) in [5.41, 5.74) is 1.46. The molecular weight excluding hydrogens is 236 g/mol. The van der Waals surface area contributed by atoms with Crippen LogP contribution in [0.4, 0.5) is 5.82 Å². The molecule has 1 N–H and O–H groups in total. The minimum atomic E-state index is 0.151. The zero-order chi connectivity index (χ0) is 12.3. The standard InChI is InChI=1S/C12H15ClN4/c1-8(13)7-9(2)16-11-4-3-10-12(17-11)15-6-5-14-10/h3-6,8-9H,7H2,1-2H3,(H,15,16,17). The van der Waals surface area contributed by atoms with Gasteiger partial charge in [-0.05, 0) is 32.4 Å². The van der Waals surface area contributed by atoms with Crippen LogP contribution < -0.4 is 5.32 Å². The summed E-state index contributed by atoms with van der Waals surface area (Å²) in [4.78, 5) is 12.7. The van der Waals surface area contributed by atoms with Crippen LogP contribution in [0.1, 0.15) is 20.3 Å². The van der Waals surface area contributed by atoms with Gasteiger partial charge in [-0.2, -0.15) is 0 Å². The van der Waals surface area contributed by atoms with Crippen molar-refractivity contribution in [3.05, 3.63) is 24.5 Å². The molecule has 0 fully saturated rings. The van der Waals surface area contributed by atoms with E-state index in [0.29, 0.717) is 5.65 Å². The monoisotopic (exact) mass is 250 g/mol. The van der Waals surface area contributed by atoms with Crippen LogP contribution in [0, 0.1) is 0 Å². The van der Waals surface area contributed by atoms with Gasteiger partial charge in [-0.1, -0.05) is 0 Å². The lowest BCUT2D eigenvalue weighted by Crippen LogP contribution is -2.19. The molecule has 90 valence electrons. The van der Waals surface area contributed by atoms with Crippen LogP contribution in [-0.2, 0) is 0 Å². The molecule has 2 atom stereocenters. The first-order valence-electron chi connectivity index (χ1n) is 5.63. The van der Waals surface area contributed by atoms with Crippen LogP contribution in [0.5, 0.6) is 0 Å². The maximum Gasteiger partial charge on any atom is 0.180 e. The lowest BCUT2D eigenvalue weighted by molar-refractivity contribution is 0.694. The van der Waals surface area contributed by atoms with E-state index < -0.39 is 0 Å². The lowest BCUT2D eigenvalue weighted by Gasteiger charge is -2.15. The SMILES string of the molecule is CC(Cl)CC(C)Nc1ccc2nccnc2n1. The highest BCUT2D eigenvalue weighted by molar-refractivity contribution is 6.20. The molecule has 2 unspecified atom stereocenters. The second-order valence-corrected chi connectivity index (χ2v) is 4.90. The van der Waals surface area contributed by atoms with E-state index in [-0.39, 0.29) is 11.4 Å². The average Bonchev–Trinajstić information content (AvgIpc) is 2.27. The minimum absolute atomic E-state index is 0.151.